The second kappa shape index (κ2) is 4.88. The Bertz CT molecular complexity index is 380. The van der Waals surface area contributed by atoms with E-state index < -0.39 is 0 Å². The smallest absolute Gasteiger partial charge is 0.233 e. The van der Waals surface area contributed by atoms with E-state index in [-0.39, 0.29) is 11.3 Å². The monoisotopic (exact) mass is 241 g/mol. The molecule has 1 aliphatic rings. The quantitative estimate of drug-likeness (QED) is 0.852. The molecule has 1 amide bonds. The van der Waals surface area contributed by atoms with Gasteiger partial charge in [0.15, 0.2) is 0 Å². The normalized spacial score (nSPS) is 20.8. The molecule has 2 heterocycles. The van der Waals surface area contributed by atoms with Crippen molar-refractivity contribution in [1.82, 2.24) is 14.9 Å². The van der Waals surface area contributed by atoms with Gasteiger partial charge in [-0.3, -0.25) is 4.79 Å². The number of ether oxygens (including phenoxy) is 1. The van der Waals surface area contributed by atoms with Crippen LogP contribution in [0, 0.1) is 6.92 Å². The van der Waals surface area contributed by atoms with Crippen LogP contribution in [-0.4, -0.2) is 46.8 Å². The molecule has 1 aromatic heterocycles. The van der Waals surface area contributed by atoms with Gasteiger partial charge in [-0.15, -0.1) is 11.8 Å². The third kappa shape index (κ3) is 2.08. The number of carbonyl (C=O) groups excluding carboxylic acids is 1. The first-order chi connectivity index (χ1) is 7.74. The summed E-state index contributed by atoms with van der Waals surface area (Å²) in [4.78, 5) is 20.9. The Morgan fingerprint density at radius 1 is 1.75 bits per heavy atom. The maximum Gasteiger partial charge on any atom is 0.233 e. The summed E-state index contributed by atoms with van der Waals surface area (Å²) in [6.45, 7) is 3.16. The average molecular weight is 241 g/mol. The summed E-state index contributed by atoms with van der Waals surface area (Å²) in [5.41, 5.74) is 1.97. The number of carbonyl (C=O) groups is 1. The van der Waals surface area contributed by atoms with Gasteiger partial charge in [0.1, 0.15) is 5.37 Å². The van der Waals surface area contributed by atoms with Crippen LogP contribution in [-0.2, 0) is 9.53 Å². The second-order valence-electron chi connectivity index (χ2n) is 3.66. The molecule has 6 heteroatoms. The number of nitrogens with zero attached hydrogens (tertiary/aromatic N) is 2. The highest BCUT2D eigenvalue weighted by Crippen LogP contribution is 2.38. The SMILES string of the molecule is COCCN1C(=O)CSC1c1nc[nH]c1C. The highest BCUT2D eigenvalue weighted by molar-refractivity contribution is 8.00. The van der Waals surface area contributed by atoms with Crippen molar-refractivity contribution in [3.05, 3.63) is 17.7 Å². The lowest BCUT2D eigenvalue weighted by atomic mass is 10.3. The summed E-state index contributed by atoms with van der Waals surface area (Å²) in [6, 6.07) is 0. The lowest BCUT2D eigenvalue weighted by molar-refractivity contribution is -0.128. The number of imidazole rings is 1. The van der Waals surface area contributed by atoms with Crippen LogP contribution < -0.4 is 0 Å². The molecule has 1 N–H and O–H groups in total. The van der Waals surface area contributed by atoms with Gasteiger partial charge < -0.3 is 14.6 Å². The molecule has 2 rings (SSSR count). The highest BCUT2D eigenvalue weighted by Gasteiger charge is 2.34. The summed E-state index contributed by atoms with van der Waals surface area (Å²) < 4.78 is 5.02. The molecular formula is C10H15N3O2S. The van der Waals surface area contributed by atoms with E-state index in [9.17, 15) is 4.79 Å². The van der Waals surface area contributed by atoms with Gasteiger partial charge in [-0.05, 0) is 6.92 Å². The number of rotatable bonds is 4. The van der Waals surface area contributed by atoms with Crippen molar-refractivity contribution in [3.8, 4) is 0 Å². The van der Waals surface area contributed by atoms with E-state index in [1.54, 1.807) is 25.2 Å². The molecule has 0 bridgehead atoms. The number of aromatic nitrogens is 2. The van der Waals surface area contributed by atoms with Crippen molar-refractivity contribution in [2.24, 2.45) is 0 Å². The molecule has 1 fully saturated rings. The summed E-state index contributed by atoms with van der Waals surface area (Å²) in [5, 5.41) is 0.0360. The summed E-state index contributed by atoms with van der Waals surface area (Å²) in [7, 11) is 1.64. The maximum absolute atomic E-state index is 11.7. The van der Waals surface area contributed by atoms with Crippen molar-refractivity contribution in [2.75, 3.05) is 26.0 Å². The van der Waals surface area contributed by atoms with Gasteiger partial charge in [0.05, 0.1) is 24.4 Å². The zero-order chi connectivity index (χ0) is 11.5. The Morgan fingerprint density at radius 2 is 2.56 bits per heavy atom. The van der Waals surface area contributed by atoms with Gasteiger partial charge >= 0.3 is 0 Å². The minimum Gasteiger partial charge on any atom is -0.383 e. The molecule has 5 nitrogen and oxygen atoms in total. The molecule has 0 aliphatic carbocycles. The third-order valence-electron chi connectivity index (χ3n) is 2.61. The Morgan fingerprint density at radius 3 is 3.19 bits per heavy atom. The molecule has 88 valence electrons. The number of H-pyrrole nitrogens is 1. The topological polar surface area (TPSA) is 58.2 Å². The molecule has 0 aromatic carbocycles. The molecule has 16 heavy (non-hydrogen) atoms. The van der Waals surface area contributed by atoms with Crippen LogP contribution in [0.25, 0.3) is 0 Å². The van der Waals surface area contributed by atoms with Gasteiger partial charge in [-0.1, -0.05) is 0 Å². The zero-order valence-corrected chi connectivity index (χ0v) is 10.2. The summed E-state index contributed by atoms with van der Waals surface area (Å²) in [6.07, 6.45) is 1.67. The van der Waals surface area contributed by atoms with E-state index in [2.05, 4.69) is 9.97 Å². The van der Waals surface area contributed by atoms with E-state index in [1.165, 1.54) is 0 Å². The molecule has 0 saturated carbocycles. The van der Waals surface area contributed by atoms with E-state index in [4.69, 9.17) is 4.74 Å². The lowest BCUT2D eigenvalue weighted by Gasteiger charge is -2.22. The first-order valence-electron chi connectivity index (χ1n) is 5.14. The number of methoxy groups -OCH3 is 1. The third-order valence-corrected chi connectivity index (χ3v) is 3.81. The molecule has 1 saturated heterocycles. The van der Waals surface area contributed by atoms with E-state index in [1.807, 2.05) is 11.8 Å². The minimum atomic E-state index is 0.0360. The number of nitrogens with one attached hydrogen (secondary N) is 1. The van der Waals surface area contributed by atoms with Crippen LogP contribution in [0.4, 0.5) is 0 Å². The fourth-order valence-electron chi connectivity index (χ4n) is 1.73. The van der Waals surface area contributed by atoms with Gasteiger partial charge in [-0.25, -0.2) is 4.98 Å². The van der Waals surface area contributed by atoms with Crippen molar-refractivity contribution >= 4 is 17.7 Å². The predicted octanol–water partition coefficient (Wildman–Crippen LogP) is 0.939. The Labute approximate surface area is 98.6 Å². The van der Waals surface area contributed by atoms with Crippen LogP contribution in [0.1, 0.15) is 16.8 Å². The Kier molecular flexibility index (Phi) is 3.50. The standard InChI is InChI=1S/C10H15N3O2S/c1-7-9(12-6-11-7)10-13(3-4-15-2)8(14)5-16-10/h6,10H,3-5H2,1-2H3,(H,11,12). The molecule has 0 spiro atoms. The molecule has 1 aromatic rings. The van der Waals surface area contributed by atoms with Crippen LogP contribution in [0.3, 0.4) is 0 Å². The maximum atomic E-state index is 11.7. The van der Waals surface area contributed by atoms with Gasteiger partial charge in [0, 0.05) is 19.3 Å². The van der Waals surface area contributed by atoms with Crippen LogP contribution in [0.5, 0.6) is 0 Å². The molecule has 0 radical (unpaired) electrons. The largest absolute Gasteiger partial charge is 0.383 e. The number of thioether (sulfide) groups is 1. The van der Waals surface area contributed by atoms with Crippen molar-refractivity contribution in [1.29, 1.82) is 0 Å². The summed E-state index contributed by atoms with van der Waals surface area (Å²) >= 11 is 1.62. The second-order valence-corrected chi connectivity index (χ2v) is 4.72. The average Bonchev–Trinajstić information content (AvgIpc) is 2.82. The Hall–Kier alpha value is -1.01. The van der Waals surface area contributed by atoms with Crippen LogP contribution >= 0.6 is 11.8 Å². The highest BCUT2D eigenvalue weighted by atomic mass is 32.2. The van der Waals surface area contributed by atoms with Gasteiger partial charge in [0.25, 0.3) is 0 Å². The van der Waals surface area contributed by atoms with Gasteiger partial charge in [0.2, 0.25) is 5.91 Å². The fourth-order valence-corrected chi connectivity index (χ4v) is 3.00. The number of aromatic amines is 1. The van der Waals surface area contributed by atoms with Gasteiger partial charge in [-0.2, -0.15) is 0 Å². The first-order valence-corrected chi connectivity index (χ1v) is 6.18. The van der Waals surface area contributed by atoms with Crippen molar-refractivity contribution in [2.45, 2.75) is 12.3 Å². The molecule has 1 atom stereocenters. The molecule has 1 aliphatic heterocycles. The minimum absolute atomic E-state index is 0.0360. The number of amides is 1. The van der Waals surface area contributed by atoms with Crippen molar-refractivity contribution < 1.29 is 9.53 Å². The number of hydrogen-bond acceptors (Lipinski definition) is 4. The zero-order valence-electron chi connectivity index (χ0n) is 9.40. The van der Waals surface area contributed by atoms with E-state index in [0.717, 1.165) is 11.4 Å². The first kappa shape index (κ1) is 11.5. The molecule has 1 unspecified atom stereocenters. The lowest BCUT2D eigenvalue weighted by Crippen LogP contribution is -2.31. The van der Waals surface area contributed by atoms with Crippen LogP contribution in [0.2, 0.25) is 0 Å². The Balaban J connectivity index is 2.14. The van der Waals surface area contributed by atoms with E-state index in [0.29, 0.717) is 18.9 Å². The predicted molar refractivity (Wildman–Crippen MR) is 62.1 cm³/mol. The van der Waals surface area contributed by atoms with Crippen molar-refractivity contribution in [3.63, 3.8) is 0 Å². The molecular weight excluding hydrogens is 226 g/mol. The van der Waals surface area contributed by atoms with Crippen LogP contribution in [0.15, 0.2) is 6.33 Å². The van der Waals surface area contributed by atoms with E-state index >= 15 is 0 Å². The fraction of sp³-hybridized carbons (Fsp3) is 0.600. The number of hydrogen-bond donors (Lipinski definition) is 1. The number of aryl methyl sites for hydroxylation is 1. The summed E-state index contributed by atoms with van der Waals surface area (Å²) in [5.74, 6) is 0.690.